The monoisotopic (exact) mass is 269 g/mol. The SMILES string of the molecule is CC(C)(C)[S@@](=O)CCNC(=O)Nc1ccncc1. The highest BCUT2D eigenvalue weighted by molar-refractivity contribution is 7.86. The summed E-state index contributed by atoms with van der Waals surface area (Å²) in [6, 6.07) is 3.10. The average Bonchev–Trinajstić information content (AvgIpc) is 2.28. The van der Waals surface area contributed by atoms with Gasteiger partial charge < -0.3 is 10.6 Å². The van der Waals surface area contributed by atoms with Crippen molar-refractivity contribution in [1.82, 2.24) is 10.3 Å². The summed E-state index contributed by atoms with van der Waals surface area (Å²) < 4.78 is 11.5. The van der Waals surface area contributed by atoms with Crippen molar-refractivity contribution in [3.05, 3.63) is 24.5 Å². The van der Waals surface area contributed by atoms with Gasteiger partial charge in [0.15, 0.2) is 0 Å². The summed E-state index contributed by atoms with van der Waals surface area (Å²) in [4.78, 5) is 15.4. The Morgan fingerprint density at radius 1 is 1.33 bits per heavy atom. The number of carbonyl (C=O) groups excluding carboxylic acids is 1. The quantitative estimate of drug-likeness (QED) is 0.874. The summed E-state index contributed by atoms with van der Waals surface area (Å²) in [5, 5.41) is 5.34. The van der Waals surface area contributed by atoms with Crippen LogP contribution in [0.15, 0.2) is 24.5 Å². The standard InChI is InChI=1S/C12H19N3O2S/c1-12(2,3)18(17)9-8-14-11(16)15-10-4-6-13-7-5-10/h4-7H,8-9H2,1-3H3,(H2,13,14,15,16)/t18-/m0/s1. The van der Waals surface area contributed by atoms with Crippen LogP contribution in [0.1, 0.15) is 20.8 Å². The maximum Gasteiger partial charge on any atom is 0.319 e. The van der Waals surface area contributed by atoms with E-state index in [9.17, 15) is 9.00 Å². The van der Waals surface area contributed by atoms with Crippen molar-refractivity contribution in [2.24, 2.45) is 0 Å². The third-order valence-electron chi connectivity index (χ3n) is 2.19. The molecule has 2 N–H and O–H groups in total. The van der Waals surface area contributed by atoms with E-state index in [1.807, 2.05) is 20.8 Å². The molecule has 2 amide bonds. The number of anilines is 1. The molecule has 0 bridgehead atoms. The molecule has 1 heterocycles. The summed E-state index contributed by atoms with van der Waals surface area (Å²) in [6.07, 6.45) is 3.20. The molecule has 0 aromatic carbocycles. The van der Waals surface area contributed by atoms with Crippen LogP contribution in [-0.4, -0.2) is 32.3 Å². The Bertz CT molecular complexity index is 415. The number of pyridine rings is 1. The van der Waals surface area contributed by atoms with Gasteiger partial charge in [-0.2, -0.15) is 0 Å². The third kappa shape index (κ3) is 5.27. The fourth-order valence-corrected chi connectivity index (χ4v) is 2.07. The molecular weight excluding hydrogens is 250 g/mol. The first-order valence-electron chi connectivity index (χ1n) is 5.73. The average molecular weight is 269 g/mol. The molecule has 0 unspecified atom stereocenters. The van der Waals surface area contributed by atoms with Gasteiger partial charge in [0.25, 0.3) is 0 Å². The summed E-state index contributed by atoms with van der Waals surface area (Å²) in [5.41, 5.74) is 0.680. The van der Waals surface area contributed by atoms with Crippen LogP contribution in [0, 0.1) is 0 Å². The molecule has 0 radical (unpaired) electrons. The maximum atomic E-state index is 11.7. The normalized spacial score (nSPS) is 12.8. The van der Waals surface area contributed by atoms with E-state index in [2.05, 4.69) is 15.6 Å². The molecule has 1 rings (SSSR count). The van der Waals surface area contributed by atoms with Crippen molar-refractivity contribution in [3.8, 4) is 0 Å². The summed E-state index contributed by atoms with van der Waals surface area (Å²) in [7, 11) is -0.953. The van der Waals surface area contributed by atoms with Gasteiger partial charge in [-0.1, -0.05) is 0 Å². The fraction of sp³-hybridized carbons (Fsp3) is 0.500. The molecular formula is C12H19N3O2S. The van der Waals surface area contributed by atoms with Gasteiger partial charge in [0.05, 0.1) is 0 Å². The first-order chi connectivity index (χ1) is 8.39. The molecule has 0 aliphatic rings. The van der Waals surface area contributed by atoms with E-state index in [1.165, 1.54) is 0 Å². The zero-order valence-electron chi connectivity index (χ0n) is 10.9. The lowest BCUT2D eigenvalue weighted by Gasteiger charge is -2.17. The summed E-state index contributed by atoms with van der Waals surface area (Å²) >= 11 is 0. The largest absolute Gasteiger partial charge is 0.337 e. The topological polar surface area (TPSA) is 71.1 Å². The number of nitrogens with one attached hydrogen (secondary N) is 2. The minimum Gasteiger partial charge on any atom is -0.337 e. The molecule has 0 saturated heterocycles. The Kier molecular flexibility index (Phi) is 5.27. The molecule has 6 heteroatoms. The molecule has 0 saturated carbocycles. The van der Waals surface area contributed by atoms with Gasteiger partial charge >= 0.3 is 6.03 Å². The predicted molar refractivity (Wildman–Crippen MR) is 74.0 cm³/mol. The van der Waals surface area contributed by atoms with Crippen LogP contribution >= 0.6 is 0 Å². The molecule has 0 aliphatic heterocycles. The van der Waals surface area contributed by atoms with Crippen molar-refractivity contribution in [2.75, 3.05) is 17.6 Å². The highest BCUT2D eigenvalue weighted by atomic mass is 32.2. The highest BCUT2D eigenvalue weighted by Gasteiger charge is 2.18. The van der Waals surface area contributed by atoms with Crippen molar-refractivity contribution in [1.29, 1.82) is 0 Å². The van der Waals surface area contributed by atoms with Crippen molar-refractivity contribution >= 4 is 22.5 Å². The highest BCUT2D eigenvalue weighted by Crippen LogP contribution is 2.10. The third-order valence-corrected chi connectivity index (χ3v) is 4.14. The van der Waals surface area contributed by atoms with Crippen LogP contribution in [-0.2, 0) is 10.8 Å². The Balaban J connectivity index is 2.28. The van der Waals surface area contributed by atoms with E-state index in [0.717, 1.165) is 0 Å². The number of nitrogens with zero attached hydrogens (tertiary/aromatic N) is 1. The minimum atomic E-state index is -0.953. The number of urea groups is 1. The van der Waals surface area contributed by atoms with Gasteiger partial charge in [0, 0.05) is 45.9 Å². The van der Waals surface area contributed by atoms with Gasteiger partial charge in [0.1, 0.15) is 0 Å². The minimum absolute atomic E-state index is 0.247. The van der Waals surface area contributed by atoms with Crippen LogP contribution in [0.5, 0.6) is 0 Å². The molecule has 0 spiro atoms. The van der Waals surface area contributed by atoms with Crippen molar-refractivity contribution in [2.45, 2.75) is 25.5 Å². The molecule has 1 aromatic heterocycles. The van der Waals surface area contributed by atoms with E-state index in [1.54, 1.807) is 24.5 Å². The second kappa shape index (κ2) is 6.49. The zero-order chi connectivity index (χ0) is 13.6. The van der Waals surface area contributed by atoms with Gasteiger partial charge in [-0.25, -0.2) is 4.79 Å². The molecule has 0 fully saturated rings. The van der Waals surface area contributed by atoms with E-state index >= 15 is 0 Å². The van der Waals surface area contributed by atoms with Crippen LogP contribution in [0.3, 0.4) is 0 Å². The second-order valence-electron chi connectivity index (χ2n) is 4.78. The van der Waals surface area contributed by atoms with Gasteiger partial charge in [-0.3, -0.25) is 9.19 Å². The molecule has 18 heavy (non-hydrogen) atoms. The first kappa shape index (κ1) is 14.6. The van der Waals surface area contributed by atoms with E-state index < -0.39 is 10.8 Å². The van der Waals surface area contributed by atoms with Crippen molar-refractivity contribution in [3.63, 3.8) is 0 Å². The van der Waals surface area contributed by atoms with Crippen LogP contribution in [0.25, 0.3) is 0 Å². The smallest absolute Gasteiger partial charge is 0.319 e. The molecule has 1 aromatic rings. The van der Waals surface area contributed by atoms with Crippen LogP contribution in [0.2, 0.25) is 0 Å². The van der Waals surface area contributed by atoms with Crippen LogP contribution in [0.4, 0.5) is 10.5 Å². The molecule has 0 aliphatic carbocycles. The Labute approximate surface area is 110 Å². The van der Waals surface area contributed by atoms with Gasteiger partial charge in [-0.05, 0) is 32.9 Å². The summed E-state index contributed by atoms with van der Waals surface area (Å²) in [6.45, 7) is 6.14. The lowest BCUT2D eigenvalue weighted by Crippen LogP contribution is -2.35. The number of aromatic nitrogens is 1. The predicted octanol–water partition coefficient (Wildman–Crippen LogP) is 1.75. The molecule has 1 atom stereocenters. The molecule has 5 nitrogen and oxygen atoms in total. The van der Waals surface area contributed by atoms with E-state index in [0.29, 0.717) is 18.0 Å². The number of hydrogen-bond donors (Lipinski definition) is 2. The van der Waals surface area contributed by atoms with Gasteiger partial charge in [-0.15, -0.1) is 0 Å². The van der Waals surface area contributed by atoms with E-state index in [-0.39, 0.29) is 10.8 Å². The Morgan fingerprint density at radius 3 is 2.50 bits per heavy atom. The Hall–Kier alpha value is -1.43. The second-order valence-corrected chi connectivity index (χ2v) is 7.10. The van der Waals surface area contributed by atoms with Crippen LogP contribution < -0.4 is 10.6 Å². The maximum absolute atomic E-state index is 11.7. The lowest BCUT2D eigenvalue weighted by atomic mass is 10.3. The number of amides is 2. The first-order valence-corrected chi connectivity index (χ1v) is 7.05. The van der Waals surface area contributed by atoms with Gasteiger partial charge in [0.2, 0.25) is 0 Å². The zero-order valence-corrected chi connectivity index (χ0v) is 11.7. The van der Waals surface area contributed by atoms with Crippen molar-refractivity contribution < 1.29 is 9.00 Å². The number of carbonyl (C=O) groups is 1. The number of hydrogen-bond acceptors (Lipinski definition) is 3. The molecule has 100 valence electrons. The Morgan fingerprint density at radius 2 is 1.94 bits per heavy atom. The van der Waals surface area contributed by atoms with E-state index in [4.69, 9.17) is 0 Å². The lowest BCUT2D eigenvalue weighted by molar-refractivity contribution is 0.252. The number of rotatable bonds is 4. The fourth-order valence-electron chi connectivity index (χ4n) is 1.17. The summed E-state index contributed by atoms with van der Waals surface area (Å²) in [5.74, 6) is 0.452.